The number of hydrogen-bond acceptors (Lipinski definition) is 6. The minimum atomic E-state index is -0.538. The third kappa shape index (κ3) is 3.10. The molecule has 7 heteroatoms. The molecule has 0 bridgehead atoms. The van der Waals surface area contributed by atoms with Crippen molar-refractivity contribution in [3.63, 3.8) is 0 Å². The average Bonchev–Trinajstić information content (AvgIpc) is 2.33. The Kier molecular flexibility index (Phi) is 3.48. The number of aromatic nitrogens is 2. The molecule has 17 heavy (non-hydrogen) atoms. The third-order valence-corrected chi connectivity index (χ3v) is 2.82. The first-order valence-electron chi connectivity index (χ1n) is 5.54. The maximum absolute atomic E-state index is 10.4. The quantitative estimate of drug-likeness (QED) is 0.623. The maximum Gasteiger partial charge on any atom is 0.317 e. The summed E-state index contributed by atoms with van der Waals surface area (Å²) in [6.07, 6.45) is 5.97. The van der Waals surface area contributed by atoms with Gasteiger partial charge in [-0.05, 0) is 25.7 Å². The molecule has 0 aromatic carbocycles. The molecular weight excluding hydrogens is 224 g/mol. The summed E-state index contributed by atoms with van der Waals surface area (Å²) in [5.41, 5.74) is 5.65. The summed E-state index contributed by atoms with van der Waals surface area (Å²) in [4.78, 5) is 17.5. The van der Waals surface area contributed by atoms with Crippen LogP contribution in [0.3, 0.4) is 0 Å². The summed E-state index contributed by atoms with van der Waals surface area (Å²) in [5, 5.41) is 10.4. The first kappa shape index (κ1) is 11.7. The lowest BCUT2D eigenvalue weighted by Gasteiger charge is -2.25. The first-order valence-corrected chi connectivity index (χ1v) is 5.54. The van der Waals surface area contributed by atoms with Crippen LogP contribution in [0.1, 0.15) is 25.7 Å². The SMILES string of the molecule is NC1CCC(Oc2ncc([N+](=O)[O-])cn2)CC1. The van der Waals surface area contributed by atoms with Crippen molar-refractivity contribution >= 4 is 5.69 Å². The summed E-state index contributed by atoms with van der Waals surface area (Å²) in [5.74, 6) is 0. The Balaban J connectivity index is 1.92. The molecule has 7 nitrogen and oxygen atoms in total. The third-order valence-electron chi connectivity index (χ3n) is 2.82. The number of nitrogens with zero attached hydrogens (tertiary/aromatic N) is 3. The Bertz CT molecular complexity index is 387. The molecule has 2 rings (SSSR count). The lowest BCUT2D eigenvalue weighted by atomic mass is 9.94. The minimum Gasteiger partial charge on any atom is -0.460 e. The van der Waals surface area contributed by atoms with E-state index in [0.29, 0.717) is 0 Å². The van der Waals surface area contributed by atoms with Crippen LogP contribution in [0.5, 0.6) is 6.01 Å². The van der Waals surface area contributed by atoms with E-state index < -0.39 is 4.92 Å². The van der Waals surface area contributed by atoms with Gasteiger partial charge in [0.2, 0.25) is 0 Å². The van der Waals surface area contributed by atoms with Crippen LogP contribution < -0.4 is 10.5 Å². The van der Waals surface area contributed by atoms with Crippen molar-refractivity contribution in [2.24, 2.45) is 5.73 Å². The lowest BCUT2D eigenvalue weighted by Crippen LogP contribution is -2.32. The monoisotopic (exact) mass is 238 g/mol. The Hall–Kier alpha value is -1.76. The highest BCUT2D eigenvalue weighted by atomic mass is 16.6. The van der Waals surface area contributed by atoms with Crippen LogP contribution in [0.25, 0.3) is 0 Å². The molecule has 0 radical (unpaired) electrons. The van der Waals surface area contributed by atoms with Crippen molar-refractivity contribution in [1.82, 2.24) is 9.97 Å². The van der Waals surface area contributed by atoms with E-state index in [1.807, 2.05) is 0 Å². The Labute approximate surface area is 98.2 Å². The summed E-state index contributed by atoms with van der Waals surface area (Å²) >= 11 is 0. The van der Waals surface area contributed by atoms with E-state index in [9.17, 15) is 10.1 Å². The van der Waals surface area contributed by atoms with Crippen LogP contribution in [-0.4, -0.2) is 27.0 Å². The second-order valence-corrected chi connectivity index (χ2v) is 4.14. The Morgan fingerprint density at radius 2 is 1.88 bits per heavy atom. The zero-order valence-electron chi connectivity index (χ0n) is 9.28. The van der Waals surface area contributed by atoms with Gasteiger partial charge in [0.15, 0.2) is 0 Å². The van der Waals surface area contributed by atoms with Gasteiger partial charge in [0.1, 0.15) is 18.5 Å². The molecule has 0 atom stereocenters. The number of hydrogen-bond donors (Lipinski definition) is 1. The van der Waals surface area contributed by atoms with Gasteiger partial charge in [0, 0.05) is 6.04 Å². The van der Waals surface area contributed by atoms with Gasteiger partial charge >= 0.3 is 11.7 Å². The highest BCUT2D eigenvalue weighted by molar-refractivity contribution is 5.21. The fourth-order valence-corrected chi connectivity index (χ4v) is 1.82. The summed E-state index contributed by atoms with van der Waals surface area (Å²) in [7, 11) is 0. The zero-order chi connectivity index (χ0) is 12.3. The van der Waals surface area contributed by atoms with Crippen LogP contribution >= 0.6 is 0 Å². The van der Waals surface area contributed by atoms with E-state index in [1.165, 1.54) is 0 Å². The molecule has 1 aromatic rings. The van der Waals surface area contributed by atoms with Crippen molar-refractivity contribution in [3.8, 4) is 6.01 Å². The highest BCUT2D eigenvalue weighted by Gasteiger charge is 2.20. The molecule has 0 spiro atoms. The molecule has 1 aliphatic carbocycles. The lowest BCUT2D eigenvalue weighted by molar-refractivity contribution is -0.385. The topological polar surface area (TPSA) is 104 Å². The van der Waals surface area contributed by atoms with E-state index in [1.54, 1.807) is 0 Å². The number of nitrogens with two attached hydrogens (primary N) is 1. The van der Waals surface area contributed by atoms with Crippen LogP contribution in [0, 0.1) is 10.1 Å². The van der Waals surface area contributed by atoms with Crippen molar-refractivity contribution in [2.75, 3.05) is 0 Å². The van der Waals surface area contributed by atoms with Gasteiger partial charge in [-0.15, -0.1) is 0 Å². The van der Waals surface area contributed by atoms with Crippen molar-refractivity contribution in [1.29, 1.82) is 0 Å². The molecule has 1 saturated carbocycles. The Morgan fingerprint density at radius 1 is 1.29 bits per heavy atom. The molecule has 0 saturated heterocycles. The van der Waals surface area contributed by atoms with Gasteiger partial charge in [-0.1, -0.05) is 0 Å². The largest absolute Gasteiger partial charge is 0.460 e. The van der Waals surface area contributed by atoms with Crippen LogP contribution in [-0.2, 0) is 0 Å². The fourth-order valence-electron chi connectivity index (χ4n) is 1.82. The minimum absolute atomic E-state index is 0.0660. The summed E-state index contributed by atoms with van der Waals surface area (Å²) in [6.45, 7) is 0. The molecule has 0 amide bonds. The van der Waals surface area contributed by atoms with E-state index in [4.69, 9.17) is 10.5 Å². The van der Waals surface area contributed by atoms with Crippen LogP contribution in [0.4, 0.5) is 5.69 Å². The molecule has 92 valence electrons. The average molecular weight is 238 g/mol. The van der Waals surface area contributed by atoms with Crippen molar-refractivity contribution < 1.29 is 9.66 Å². The fraction of sp³-hybridized carbons (Fsp3) is 0.600. The van der Waals surface area contributed by atoms with Gasteiger partial charge in [0.25, 0.3) is 0 Å². The first-order chi connectivity index (χ1) is 8.15. The van der Waals surface area contributed by atoms with E-state index in [0.717, 1.165) is 38.1 Å². The van der Waals surface area contributed by atoms with Gasteiger partial charge in [0.05, 0.1) is 4.92 Å². The highest BCUT2D eigenvalue weighted by Crippen LogP contribution is 2.21. The number of rotatable bonds is 3. The summed E-state index contributed by atoms with van der Waals surface area (Å²) < 4.78 is 5.54. The molecule has 0 aliphatic heterocycles. The number of ether oxygens (including phenoxy) is 1. The normalized spacial score (nSPS) is 24.3. The predicted octanol–water partition coefficient (Wildman–Crippen LogP) is 1.03. The molecule has 0 unspecified atom stereocenters. The van der Waals surface area contributed by atoms with Crippen LogP contribution in [0.2, 0.25) is 0 Å². The van der Waals surface area contributed by atoms with E-state index in [2.05, 4.69) is 9.97 Å². The zero-order valence-corrected chi connectivity index (χ0v) is 9.28. The molecular formula is C10H14N4O3. The molecule has 2 N–H and O–H groups in total. The molecule has 1 fully saturated rings. The molecule has 1 heterocycles. The predicted molar refractivity (Wildman–Crippen MR) is 59.5 cm³/mol. The molecule has 1 aliphatic rings. The van der Waals surface area contributed by atoms with E-state index >= 15 is 0 Å². The van der Waals surface area contributed by atoms with E-state index in [-0.39, 0.29) is 23.8 Å². The van der Waals surface area contributed by atoms with Gasteiger partial charge < -0.3 is 10.5 Å². The van der Waals surface area contributed by atoms with Crippen molar-refractivity contribution in [3.05, 3.63) is 22.5 Å². The Morgan fingerprint density at radius 3 is 2.41 bits per heavy atom. The second-order valence-electron chi connectivity index (χ2n) is 4.14. The summed E-state index contributed by atoms with van der Waals surface area (Å²) in [6, 6.07) is 0.448. The standard InChI is InChI=1S/C10H14N4O3/c11-7-1-3-9(4-2-7)17-10-12-5-8(6-13-10)14(15)16/h5-7,9H,1-4,11H2. The van der Waals surface area contributed by atoms with Crippen molar-refractivity contribution in [2.45, 2.75) is 37.8 Å². The van der Waals surface area contributed by atoms with Gasteiger partial charge in [-0.3, -0.25) is 10.1 Å². The van der Waals surface area contributed by atoms with Crippen LogP contribution in [0.15, 0.2) is 12.4 Å². The number of nitro groups is 1. The molecule has 1 aromatic heterocycles. The van der Waals surface area contributed by atoms with Gasteiger partial charge in [-0.2, -0.15) is 9.97 Å². The smallest absolute Gasteiger partial charge is 0.317 e. The maximum atomic E-state index is 10.4. The van der Waals surface area contributed by atoms with Gasteiger partial charge in [-0.25, -0.2) is 0 Å². The second kappa shape index (κ2) is 5.05.